The van der Waals surface area contributed by atoms with E-state index in [1.54, 1.807) is 0 Å². The van der Waals surface area contributed by atoms with Gasteiger partial charge in [-0.05, 0) is 88.9 Å². The molecule has 562 valence electrons. The fraction of sp³-hybridized carbons (Fsp3) is 0.844. The molecule has 0 aliphatic rings. The summed E-state index contributed by atoms with van der Waals surface area (Å²) in [5.41, 5.74) is 0. The zero-order valence-electron chi connectivity index (χ0n) is 61.6. The Morgan fingerprint density at radius 2 is 0.615 bits per heavy atom. The van der Waals surface area contributed by atoms with Crippen LogP contribution in [0.25, 0.3) is 0 Å². The van der Waals surface area contributed by atoms with E-state index in [-0.39, 0.29) is 25.7 Å². The monoisotopic (exact) mass is 1400 g/mol. The Hall–Kier alpha value is -2.98. The van der Waals surface area contributed by atoms with Crippen LogP contribution in [0.4, 0.5) is 0 Å². The molecule has 19 heteroatoms. The molecule has 96 heavy (non-hydrogen) atoms. The minimum absolute atomic E-state index is 0.0817. The summed E-state index contributed by atoms with van der Waals surface area (Å²) in [6.07, 6.45) is 61.2. The zero-order chi connectivity index (χ0) is 70.7. The highest BCUT2D eigenvalue weighted by Crippen LogP contribution is 2.45. The van der Waals surface area contributed by atoms with Crippen molar-refractivity contribution in [2.24, 2.45) is 11.8 Å². The summed E-state index contributed by atoms with van der Waals surface area (Å²) in [5, 5.41) is 10.6. The van der Waals surface area contributed by atoms with Crippen molar-refractivity contribution < 1.29 is 80.2 Å². The molecule has 0 amide bonds. The van der Waals surface area contributed by atoms with E-state index in [0.29, 0.717) is 25.7 Å². The average molecular weight is 1400 g/mol. The molecule has 0 rings (SSSR count). The quantitative estimate of drug-likeness (QED) is 0.0169. The van der Waals surface area contributed by atoms with E-state index < -0.39 is 97.5 Å². The van der Waals surface area contributed by atoms with Gasteiger partial charge in [0, 0.05) is 25.7 Å². The highest BCUT2D eigenvalue weighted by atomic mass is 31.2. The molecular weight excluding hydrogens is 1260 g/mol. The highest BCUT2D eigenvalue weighted by Gasteiger charge is 2.30. The van der Waals surface area contributed by atoms with Crippen molar-refractivity contribution >= 4 is 39.5 Å². The molecular formula is C77H142O17P2. The number of hydrogen-bond acceptors (Lipinski definition) is 15. The Morgan fingerprint density at radius 3 is 0.927 bits per heavy atom. The average Bonchev–Trinajstić information content (AvgIpc) is 1.12. The summed E-state index contributed by atoms with van der Waals surface area (Å²) in [7, 11) is -9.94. The van der Waals surface area contributed by atoms with Gasteiger partial charge in [0.15, 0.2) is 12.2 Å². The molecule has 0 aliphatic heterocycles. The Labute approximate surface area is 585 Å². The topological polar surface area (TPSA) is 237 Å². The van der Waals surface area contributed by atoms with Crippen LogP contribution in [0.2, 0.25) is 0 Å². The number of aliphatic hydroxyl groups excluding tert-OH is 1. The van der Waals surface area contributed by atoms with Crippen molar-refractivity contribution in [2.45, 2.75) is 368 Å². The Balaban J connectivity index is 5.33. The molecule has 0 aliphatic carbocycles. The molecule has 0 spiro atoms. The number of phosphoric ester groups is 2. The van der Waals surface area contributed by atoms with Gasteiger partial charge in [0.05, 0.1) is 26.4 Å². The maximum Gasteiger partial charge on any atom is 0.472 e. The van der Waals surface area contributed by atoms with Crippen LogP contribution < -0.4 is 0 Å². The van der Waals surface area contributed by atoms with Gasteiger partial charge in [0.2, 0.25) is 0 Å². The largest absolute Gasteiger partial charge is 0.472 e. The maximum atomic E-state index is 13.1. The Bertz CT molecular complexity index is 2050. The zero-order valence-corrected chi connectivity index (χ0v) is 63.4. The second kappa shape index (κ2) is 67.8. The van der Waals surface area contributed by atoms with E-state index in [0.717, 1.165) is 140 Å². The molecule has 0 radical (unpaired) electrons. The standard InChI is InChI=1S/C77H142O17P2/c1-7-10-12-14-16-18-20-22-24-28-32-36-40-47-53-59-74(79)87-65-72(93-76(81)62-56-50-42-38-34-30-26-27-31-35-39-45-51-57-69(4)5)67-91-95(83,84)89-63-71(78)64-90-96(85,86)92-68-73(66-88-75(80)60-54-48-44-43-46-52-58-70(6)9-3)94-77(82)61-55-49-41-37-33-29-25-23-21-19-17-15-13-11-8-2/h18-25,69-73,78H,7-17,26-68H2,1-6H3,(H,83,84)(H,85,86)/b20-18-,21-19-,24-22-,25-23-/t70?,71-,72-,73-/m1/s1. The first-order valence-electron chi connectivity index (χ1n) is 38.7. The molecule has 0 aromatic heterocycles. The third-order valence-corrected chi connectivity index (χ3v) is 19.0. The molecule has 0 heterocycles. The Kier molecular flexibility index (Phi) is 65.7. The lowest BCUT2D eigenvalue weighted by Crippen LogP contribution is -2.30. The van der Waals surface area contributed by atoms with Crippen LogP contribution in [0.5, 0.6) is 0 Å². The molecule has 0 aromatic carbocycles. The molecule has 0 bridgehead atoms. The van der Waals surface area contributed by atoms with Crippen molar-refractivity contribution in [1.82, 2.24) is 0 Å². The first-order chi connectivity index (χ1) is 46.4. The summed E-state index contributed by atoms with van der Waals surface area (Å²) < 4.78 is 68.5. The van der Waals surface area contributed by atoms with E-state index in [1.807, 2.05) is 0 Å². The highest BCUT2D eigenvalue weighted by molar-refractivity contribution is 7.47. The van der Waals surface area contributed by atoms with Gasteiger partial charge >= 0.3 is 39.5 Å². The predicted octanol–water partition coefficient (Wildman–Crippen LogP) is 21.8. The Morgan fingerprint density at radius 1 is 0.344 bits per heavy atom. The lowest BCUT2D eigenvalue weighted by atomic mass is 10.00. The lowest BCUT2D eigenvalue weighted by molar-refractivity contribution is -0.161. The normalized spacial score (nSPS) is 14.6. The van der Waals surface area contributed by atoms with Crippen molar-refractivity contribution in [3.8, 4) is 0 Å². The summed E-state index contributed by atoms with van der Waals surface area (Å²) in [6.45, 7) is 9.44. The van der Waals surface area contributed by atoms with E-state index in [2.05, 4.69) is 90.2 Å². The number of carbonyl (C=O) groups is 4. The number of aliphatic hydroxyl groups is 1. The summed E-state index contributed by atoms with van der Waals surface area (Å²) in [4.78, 5) is 72.8. The van der Waals surface area contributed by atoms with Gasteiger partial charge in [-0.1, -0.05) is 296 Å². The SMILES string of the molecule is CCCCCC/C=C\C=C/CCCCCCCC(=O)OC[C@H](COP(=O)(O)OC[C@@H](O)COP(=O)(O)OC[C@@H](COC(=O)CCCCCCCCC(C)CC)OC(=O)CCCCCCC/C=C\C=C/CCCCCC)OC(=O)CCCCCCCCCCCCCCCC(C)C. The van der Waals surface area contributed by atoms with Gasteiger partial charge < -0.3 is 33.8 Å². The van der Waals surface area contributed by atoms with Crippen LogP contribution in [0, 0.1) is 11.8 Å². The first kappa shape index (κ1) is 93.0. The van der Waals surface area contributed by atoms with E-state index in [9.17, 15) is 43.2 Å². The van der Waals surface area contributed by atoms with Crippen LogP contribution in [0.1, 0.15) is 350 Å². The number of ether oxygens (including phenoxy) is 4. The summed E-state index contributed by atoms with van der Waals surface area (Å²) in [6, 6.07) is 0. The number of unbranched alkanes of at least 4 members (excludes halogenated alkanes) is 35. The van der Waals surface area contributed by atoms with Gasteiger partial charge in [0.1, 0.15) is 19.3 Å². The second-order valence-electron chi connectivity index (χ2n) is 27.1. The molecule has 3 N–H and O–H groups in total. The smallest absolute Gasteiger partial charge is 0.462 e. The molecule has 0 saturated carbocycles. The third kappa shape index (κ3) is 68.2. The number of allylic oxidation sites excluding steroid dienone is 8. The van der Waals surface area contributed by atoms with Crippen molar-refractivity contribution in [2.75, 3.05) is 39.6 Å². The minimum atomic E-state index is -4.97. The summed E-state index contributed by atoms with van der Waals surface area (Å²) >= 11 is 0. The molecule has 3 unspecified atom stereocenters. The third-order valence-electron chi connectivity index (χ3n) is 17.1. The molecule has 0 fully saturated rings. The molecule has 0 aromatic rings. The van der Waals surface area contributed by atoms with Crippen molar-refractivity contribution in [3.05, 3.63) is 48.6 Å². The number of carbonyl (C=O) groups excluding carboxylic acids is 4. The number of esters is 4. The molecule has 0 saturated heterocycles. The van der Waals surface area contributed by atoms with Gasteiger partial charge in [-0.3, -0.25) is 37.3 Å². The van der Waals surface area contributed by atoms with E-state index >= 15 is 0 Å². The van der Waals surface area contributed by atoms with Crippen LogP contribution >= 0.6 is 15.6 Å². The van der Waals surface area contributed by atoms with Crippen LogP contribution in [-0.4, -0.2) is 96.7 Å². The van der Waals surface area contributed by atoms with Gasteiger partial charge in [0.25, 0.3) is 0 Å². The number of rotatable bonds is 72. The fourth-order valence-corrected chi connectivity index (χ4v) is 12.3. The molecule has 17 nitrogen and oxygen atoms in total. The van der Waals surface area contributed by atoms with Gasteiger partial charge in [-0.25, -0.2) is 9.13 Å². The number of phosphoric acid groups is 2. The minimum Gasteiger partial charge on any atom is -0.462 e. The predicted molar refractivity (Wildman–Crippen MR) is 390 cm³/mol. The first-order valence-corrected chi connectivity index (χ1v) is 41.7. The lowest BCUT2D eigenvalue weighted by Gasteiger charge is -2.21. The maximum absolute atomic E-state index is 13.1. The fourth-order valence-electron chi connectivity index (χ4n) is 10.7. The van der Waals surface area contributed by atoms with Crippen molar-refractivity contribution in [1.29, 1.82) is 0 Å². The van der Waals surface area contributed by atoms with E-state index in [4.69, 9.17) is 37.0 Å². The van der Waals surface area contributed by atoms with Gasteiger partial charge in [-0.15, -0.1) is 0 Å². The second-order valence-corrected chi connectivity index (χ2v) is 30.0. The van der Waals surface area contributed by atoms with Crippen LogP contribution in [-0.2, 0) is 65.4 Å². The van der Waals surface area contributed by atoms with Crippen LogP contribution in [0.3, 0.4) is 0 Å². The van der Waals surface area contributed by atoms with Gasteiger partial charge in [-0.2, -0.15) is 0 Å². The number of hydrogen-bond donors (Lipinski definition) is 3. The summed E-state index contributed by atoms with van der Waals surface area (Å²) in [5.74, 6) is -0.668. The molecule has 6 atom stereocenters. The van der Waals surface area contributed by atoms with Crippen molar-refractivity contribution in [3.63, 3.8) is 0 Å². The van der Waals surface area contributed by atoms with Crippen LogP contribution in [0.15, 0.2) is 48.6 Å². The van der Waals surface area contributed by atoms with E-state index in [1.165, 1.54) is 128 Å².